The fraction of sp³-hybridized carbons (Fsp3) is 0.688. The number of amides is 2. The average molecular weight is 335 g/mol. The highest BCUT2D eigenvalue weighted by molar-refractivity contribution is 5.92. The van der Waals surface area contributed by atoms with Crippen molar-refractivity contribution in [3.05, 3.63) is 18.0 Å². The summed E-state index contributed by atoms with van der Waals surface area (Å²) in [7, 11) is 3.62. The van der Waals surface area contributed by atoms with Gasteiger partial charge in [0.05, 0.1) is 6.10 Å². The second kappa shape index (κ2) is 7.31. The summed E-state index contributed by atoms with van der Waals surface area (Å²) < 4.78 is 7.23. The number of piperidine rings is 1. The number of carbonyl (C=O) groups is 2. The van der Waals surface area contributed by atoms with Crippen LogP contribution in [0.25, 0.3) is 0 Å². The third-order valence-electron chi connectivity index (χ3n) is 4.68. The van der Waals surface area contributed by atoms with Crippen LogP contribution in [0.2, 0.25) is 0 Å². The van der Waals surface area contributed by atoms with Gasteiger partial charge in [-0.25, -0.2) is 0 Å². The van der Waals surface area contributed by atoms with Gasteiger partial charge in [0.1, 0.15) is 12.3 Å². The van der Waals surface area contributed by atoms with Crippen molar-refractivity contribution in [1.82, 2.24) is 24.9 Å². The van der Waals surface area contributed by atoms with Crippen LogP contribution < -0.4 is 5.32 Å². The minimum atomic E-state index is -0.107. The molecule has 8 heteroatoms. The van der Waals surface area contributed by atoms with E-state index >= 15 is 0 Å². The van der Waals surface area contributed by atoms with Gasteiger partial charge in [-0.1, -0.05) is 0 Å². The standard InChI is InChI=1S/C16H25N5O3/c1-19-9-13(24-11-15(19)22)10-21-7-3-12(4-8-21)17-16(23)14-5-6-20(2)18-14/h5-6,12-13H,3-4,7-11H2,1-2H3,(H,17,23). The fourth-order valence-electron chi connectivity index (χ4n) is 3.21. The Labute approximate surface area is 141 Å². The van der Waals surface area contributed by atoms with Crippen molar-refractivity contribution in [2.45, 2.75) is 25.0 Å². The number of nitrogens with one attached hydrogen (secondary N) is 1. The van der Waals surface area contributed by atoms with Gasteiger partial charge in [0.15, 0.2) is 0 Å². The molecule has 0 bridgehead atoms. The quantitative estimate of drug-likeness (QED) is 0.800. The minimum absolute atomic E-state index is 0.0437. The highest BCUT2D eigenvalue weighted by Crippen LogP contribution is 2.14. The Kier molecular flexibility index (Phi) is 5.15. The highest BCUT2D eigenvalue weighted by Gasteiger charge is 2.28. The van der Waals surface area contributed by atoms with E-state index in [9.17, 15) is 9.59 Å². The SMILES string of the molecule is CN1CC(CN2CCC(NC(=O)c3ccn(C)n3)CC2)OCC1=O. The molecule has 3 rings (SSSR count). The summed E-state index contributed by atoms with van der Waals surface area (Å²) in [5, 5.41) is 7.19. The topological polar surface area (TPSA) is 79.7 Å². The van der Waals surface area contributed by atoms with Crippen LogP contribution in [0.5, 0.6) is 0 Å². The number of hydrogen-bond acceptors (Lipinski definition) is 5. The molecular formula is C16H25N5O3. The third-order valence-corrected chi connectivity index (χ3v) is 4.68. The van der Waals surface area contributed by atoms with Crippen molar-refractivity contribution >= 4 is 11.8 Å². The van der Waals surface area contributed by atoms with Crippen molar-refractivity contribution in [3.8, 4) is 0 Å². The lowest BCUT2D eigenvalue weighted by Gasteiger charge is -2.37. The fourth-order valence-corrected chi connectivity index (χ4v) is 3.21. The van der Waals surface area contributed by atoms with E-state index in [1.54, 1.807) is 28.9 Å². The van der Waals surface area contributed by atoms with Gasteiger partial charge < -0.3 is 19.9 Å². The van der Waals surface area contributed by atoms with E-state index in [4.69, 9.17) is 4.74 Å². The van der Waals surface area contributed by atoms with Crippen LogP contribution in [-0.2, 0) is 16.6 Å². The molecule has 2 fully saturated rings. The number of morpholine rings is 1. The van der Waals surface area contributed by atoms with Gasteiger partial charge in [-0.15, -0.1) is 0 Å². The molecule has 1 aromatic heterocycles. The summed E-state index contributed by atoms with van der Waals surface area (Å²) in [6.45, 7) is 3.50. The Hall–Kier alpha value is -1.93. The first kappa shape index (κ1) is 16.9. The Balaban J connectivity index is 1.41. The molecule has 2 aliphatic heterocycles. The lowest BCUT2D eigenvalue weighted by molar-refractivity contribution is -0.147. The zero-order chi connectivity index (χ0) is 17.1. The number of likely N-dealkylation sites (N-methyl/N-ethyl adjacent to an activating group) is 1. The van der Waals surface area contributed by atoms with Crippen LogP contribution in [0, 0.1) is 0 Å². The Morgan fingerprint density at radius 2 is 2.12 bits per heavy atom. The highest BCUT2D eigenvalue weighted by atomic mass is 16.5. The number of aryl methyl sites for hydroxylation is 1. The number of hydrogen-bond donors (Lipinski definition) is 1. The molecule has 1 aromatic rings. The van der Waals surface area contributed by atoms with Gasteiger partial charge in [-0.05, 0) is 18.9 Å². The Morgan fingerprint density at radius 1 is 1.38 bits per heavy atom. The maximum Gasteiger partial charge on any atom is 0.271 e. The van der Waals surface area contributed by atoms with E-state index < -0.39 is 0 Å². The summed E-state index contributed by atoms with van der Waals surface area (Å²) in [4.78, 5) is 27.6. The molecule has 1 atom stereocenters. The van der Waals surface area contributed by atoms with Gasteiger partial charge >= 0.3 is 0 Å². The maximum absolute atomic E-state index is 12.1. The van der Waals surface area contributed by atoms with E-state index in [-0.39, 0.29) is 30.6 Å². The van der Waals surface area contributed by atoms with E-state index in [0.717, 1.165) is 32.5 Å². The predicted molar refractivity (Wildman–Crippen MR) is 87.5 cm³/mol. The Morgan fingerprint density at radius 3 is 2.75 bits per heavy atom. The molecular weight excluding hydrogens is 310 g/mol. The molecule has 0 radical (unpaired) electrons. The van der Waals surface area contributed by atoms with Gasteiger partial charge in [0.25, 0.3) is 5.91 Å². The molecule has 0 aromatic carbocycles. The monoisotopic (exact) mass is 335 g/mol. The van der Waals surface area contributed by atoms with E-state index in [1.165, 1.54) is 0 Å². The Bertz CT molecular complexity index is 594. The van der Waals surface area contributed by atoms with Crippen LogP contribution in [0.3, 0.4) is 0 Å². The maximum atomic E-state index is 12.1. The summed E-state index contributed by atoms with van der Waals surface area (Å²) in [6, 6.07) is 1.91. The van der Waals surface area contributed by atoms with Crippen LogP contribution in [0.15, 0.2) is 12.3 Å². The lowest BCUT2D eigenvalue weighted by Crippen LogP contribution is -2.51. The van der Waals surface area contributed by atoms with E-state index in [2.05, 4.69) is 15.3 Å². The normalized spacial score (nSPS) is 23.5. The van der Waals surface area contributed by atoms with Crippen molar-refractivity contribution in [1.29, 1.82) is 0 Å². The van der Waals surface area contributed by atoms with Crippen molar-refractivity contribution in [2.75, 3.05) is 39.8 Å². The average Bonchev–Trinajstić information content (AvgIpc) is 2.99. The van der Waals surface area contributed by atoms with Gasteiger partial charge in [-0.3, -0.25) is 14.3 Å². The van der Waals surface area contributed by atoms with Gasteiger partial charge in [0.2, 0.25) is 5.91 Å². The molecule has 8 nitrogen and oxygen atoms in total. The van der Waals surface area contributed by atoms with Crippen LogP contribution in [0.1, 0.15) is 23.3 Å². The molecule has 24 heavy (non-hydrogen) atoms. The first-order chi connectivity index (χ1) is 11.5. The molecule has 2 amide bonds. The number of aromatic nitrogens is 2. The molecule has 1 unspecified atom stereocenters. The van der Waals surface area contributed by atoms with Crippen LogP contribution in [-0.4, -0.2) is 83.4 Å². The summed E-state index contributed by atoms with van der Waals surface area (Å²) in [6.07, 6.45) is 3.68. The second-order valence-corrected chi connectivity index (χ2v) is 6.63. The molecule has 1 N–H and O–H groups in total. The van der Waals surface area contributed by atoms with E-state index in [0.29, 0.717) is 12.2 Å². The molecule has 3 heterocycles. The van der Waals surface area contributed by atoms with Gasteiger partial charge in [-0.2, -0.15) is 5.10 Å². The zero-order valence-electron chi connectivity index (χ0n) is 14.3. The third kappa shape index (κ3) is 4.12. The number of rotatable bonds is 4. The van der Waals surface area contributed by atoms with Gasteiger partial charge in [0, 0.05) is 52.5 Å². The number of nitrogens with zero attached hydrogens (tertiary/aromatic N) is 4. The largest absolute Gasteiger partial charge is 0.365 e. The van der Waals surface area contributed by atoms with Crippen molar-refractivity contribution in [2.24, 2.45) is 7.05 Å². The van der Waals surface area contributed by atoms with Crippen molar-refractivity contribution < 1.29 is 14.3 Å². The number of ether oxygens (including phenoxy) is 1. The molecule has 132 valence electrons. The zero-order valence-corrected chi connectivity index (χ0v) is 14.3. The summed E-state index contributed by atoms with van der Waals surface area (Å²) in [5.74, 6) is -0.0630. The first-order valence-electron chi connectivity index (χ1n) is 8.39. The molecule has 0 spiro atoms. The minimum Gasteiger partial charge on any atom is -0.365 e. The van der Waals surface area contributed by atoms with Crippen LogP contribution in [0.4, 0.5) is 0 Å². The van der Waals surface area contributed by atoms with Crippen LogP contribution >= 0.6 is 0 Å². The first-order valence-corrected chi connectivity index (χ1v) is 8.39. The van der Waals surface area contributed by atoms with Crippen molar-refractivity contribution in [3.63, 3.8) is 0 Å². The molecule has 0 aliphatic carbocycles. The molecule has 2 aliphatic rings. The molecule has 0 saturated carbocycles. The predicted octanol–water partition coefficient (Wildman–Crippen LogP) is -0.528. The lowest BCUT2D eigenvalue weighted by atomic mass is 10.0. The summed E-state index contributed by atoms with van der Waals surface area (Å²) in [5.41, 5.74) is 0.461. The number of carbonyl (C=O) groups excluding carboxylic acids is 2. The van der Waals surface area contributed by atoms with E-state index in [1.807, 2.05) is 7.05 Å². The second-order valence-electron chi connectivity index (χ2n) is 6.63. The summed E-state index contributed by atoms with van der Waals surface area (Å²) >= 11 is 0. The molecule has 2 saturated heterocycles. The number of likely N-dealkylation sites (tertiary alicyclic amines) is 1. The smallest absolute Gasteiger partial charge is 0.271 e.